The molecule has 0 aliphatic heterocycles. The van der Waals surface area contributed by atoms with Gasteiger partial charge in [-0.15, -0.1) is 24.0 Å². The molecule has 0 amide bonds. The molecule has 2 rings (SSSR count). The Morgan fingerprint density at radius 3 is 2.56 bits per heavy atom. The summed E-state index contributed by atoms with van der Waals surface area (Å²) in [6.07, 6.45) is 0.786. The second-order valence-corrected chi connectivity index (χ2v) is 5.32. The highest BCUT2D eigenvalue weighted by Gasteiger charge is 2.06. The molecular weight excluding hydrogens is 435 g/mol. The van der Waals surface area contributed by atoms with E-state index in [-0.39, 0.29) is 24.0 Å². The fourth-order valence-corrected chi connectivity index (χ4v) is 2.19. The number of aliphatic imine (C=N–C) groups is 1. The first-order valence-corrected chi connectivity index (χ1v) is 7.71. The van der Waals surface area contributed by atoms with E-state index in [1.165, 1.54) is 0 Å². The van der Waals surface area contributed by atoms with Crippen LogP contribution >= 0.6 is 24.0 Å². The van der Waals surface area contributed by atoms with Crippen molar-refractivity contribution in [2.24, 2.45) is 10.7 Å². The van der Waals surface area contributed by atoms with E-state index in [9.17, 15) is 0 Å². The van der Waals surface area contributed by atoms with Crippen molar-refractivity contribution in [2.75, 3.05) is 20.8 Å². The smallest absolute Gasteiger partial charge is 0.216 e. The number of ether oxygens (including phenoxy) is 2. The number of guanidine groups is 1. The number of nitrogens with zero attached hydrogens (tertiary/aromatic N) is 2. The van der Waals surface area contributed by atoms with Gasteiger partial charge in [-0.25, -0.2) is 9.98 Å². The Labute approximate surface area is 165 Å². The topological polar surface area (TPSA) is 94.9 Å². The van der Waals surface area contributed by atoms with Crippen LogP contribution in [0.4, 0.5) is 0 Å². The summed E-state index contributed by atoms with van der Waals surface area (Å²) in [7, 11) is 3.24. The lowest BCUT2D eigenvalue weighted by Crippen LogP contribution is -2.33. The highest BCUT2D eigenvalue weighted by Crippen LogP contribution is 2.27. The zero-order valence-electron chi connectivity index (χ0n) is 15.0. The fourth-order valence-electron chi connectivity index (χ4n) is 2.19. The van der Waals surface area contributed by atoms with Gasteiger partial charge in [-0.2, -0.15) is 0 Å². The fraction of sp³-hybridized carbons (Fsp3) is 0.412. The minimum Gasteiger partial charge on any atom is -0.493 e. The Balaban J connectivity index is 0.00000312. The number of hydrogen-bond acceptors (Lipinski definition) is 5. The molecule has 0 aliphatic carbocycles. The third-order valence-corrected chi connectivity index (χ3v) is 3.63. The summed E-state index contributed by atoms with van der Waals surface area (Å²) >= 11 is 0. The van der Waals surface area contributed by atoms with Gasteiger partial charge >= 0.3 is 0 Å². The van der Waals surface area contributed by atoms with Crippen molar-refractivity contribution in [1.29, 1.82) is 0 Å². The number of aryl methyl sites for hydroxylation is 2. The van der Waals surface area contributed by atoms with E-state index in [2.05, 4.69) is 15.3 Å². The van der Waals surface area contributed by atoms with Gasteiger partial charge in [0.25, 0.3) is 0 Å². The third-order valence-electron chi connectivity index (χ3n) is 3.63. The van der Waals surface area contributed by atoms with Gasteiger partial charge in [0, 0.05) is 6.54 Å². The second kappa shape index (κ2) is 10.1. The molecule has 2 aromatic rings. The molecule has 3 N–H and O–H groups in total. The average Bonchev–Trinajstić information content (AvgIpc) is 2.91. The van der Waals surface area contributed by atoms with Crippen LogP contribution in [0.25, 0.3) is 0 Å². The molecule has 7 nitrogen and oxygen atoms in total. The summed E-state index contributed by atoms with van der Waals surface area (Å²) in [5.74, 6) is 3.16. The molecule has 0 atom stereocenters. The molecule has 1 aromatic carbocycles. The second-order valence-electron chi connectivity index (χ2n) is 5.32. The number of methoxy groups -OCH3 is 2. The van der Waals surface area contributed by atoms with Crippen molar-refractivity contribution in [3.63, 3.8) is 0 Å². The van der Waals surface area contributed by atoms with Gasteiger partial charge in [0.1, 0.15) is 12.3 Å². The van der Waals surface area contributed by atoms with Crippen LogP contribution in [0.5, 0.6) is 11.5 Å². The Morgan fingerprint density at radius 2 is 1.96 bits per heavy atom. The SMILES string of the molecule is COc1ccc(CCNC(N)=NCc2nc(C)c(C)o2)cc1OC.I. The third kappa shape index (κ3) is 6.11. The number of halogens is 1. The Kier molecular flexibility index (Phi) is 8.53. The van der Waals surface area contributed by atoms with Crippen LogP contribution in [0.15, 0.2) is 27.6 Å². The number of benzene rings is 1. The minimum atomic E-state index is 0. The summed E-state index contributed by atoms with van der Waals surface area (Å²) in [6, 6.07) is 5.83. The maximum Gasteiger partial charge on any atom is 0.216 e. The summed E-state index contributed by atoms with van der Waals surface area (Å²) in [6.45, 7) is 4.76. The summed E-state index contributed by atoms with van der Waals surface area (Å²) in [4.78, 5) is 8.49. The first kappa shape index (κ1) is 21.1. The van der Waals surface area contributed by atoms with Crippen molar-refractivity contribution in [1.82, 2.24) is 10.3 Å². The molecule has 0 radical (unpaired) electrons. The van der Waals surface area contributed by atoms with Gasteiger partial charge in [0.05, 0.1) is 19.9 Å². The van der Waals surface area contributed by atoms with E-state index in [0.717, 1.165) is 23.4 Å². The van der Waals surface area contributed by atoms with Crippen molar-refractivity contribution in [2.45, 2.75) is 26.8 Å². The molecule has 8 heteroatoms. The summed E-state index contributed by atoms with van der Waals surface area (Å²) in [5, 5.41) is 3.08. The van der Waals surface area contributed by atoms with E-state index in [0.29, 0.717) is 36.4 Å². The van der Waals surface area contributed by atoms with E-state index in [4.69, 9.17) is 19.6 Å². The molecule has 138 valence electrons. The molecule has 1 heterocycles. The van der Waals surface area contributed by atoms with Crippen LogP contribution < -0.4 is 20.5 Å². The van der Waals surface area contributed by atoms with Gasteiger partial charge in [0.15, 0.2) is 17.5 Å². The predicted octanol–water partition coefficient (Wildman–Crippen LogP) is 2.57. The van der Waals surface area contributed by atoms with Crippen molar-refractivity contribution in [3.05, 3.63) is 41.1 Å². The molecule has 25 heavy (non-hydrogen) atoms. The Hall–Kier alpha value is -1.97. The molecule has 0 saturated heterocycles. The van der Waals surface area contributed by atoms with E-state index >= 15 is 0 Å². The van der Waals surface area contributed by atoms with Gasteiger partial charge < -0.3 is 24.9 Å². The number of aromatic nitrogens is 1. The molecular formula is C17H25IN4O3. The lowest BCUT2D eigenvalue weighted by atomic mass is 10.1. The zero-order valence-corrected chi connectivity index (χ0v) is 17.3. The van der Waals surface area contributed by atoms with Crippen LogP contribution in [0.3, 0.4) is 0 Å². The molecule has 0 bridgehead atoms. The largest absolute Gasteiger partial charge is 0.493 e. The number of nitrogens with one attached hydrogen (secondary N) is 1. The molecule has 0 spiro atoms. The Bertz CT molecular complexity index is 696. The van der Waals surface area contributed by atoms with Crippen LogP contribution in [-0.4, -0.2) is 31.7 Å². The number of rotatable bonds is 7. The van der Waals surface area contributed by atoms with Crippen LogP contribution in [0.1, 0.15) is 22.9 Å². The van der Waals surface area contributed by atoms with Crippen molar-refractivity contribution < 1.29 is 13.9 Å². The number of hydrogen-bond donors (Lipinski definition) is 2. The summed E-state index contributed by atoms with van der Waals surface area (Å²) in [5.41, 5.74) is 7.85. The van der Waals surface area contributed by atoms with Gasteiger partial charge in [-0.3, -0.25) is 0 Å². The van der Waals surface area contributed by atoms with E-state index in [1.54, 1.807) is 14.2 Å². The van der Waals surface area contributed by atoms with E-state index < -0.39 is 0 Å². The highest BCUT2D eigenvalue weighted by atomic mass is 127. The van der Waals surface area contributed by atoms with Gasteiger partial charge in [0.2, 0.25) is 5.89 Å². The Morgan fingerprint density at radius 1 is 1.24 bits per heavy atom. The van der Waals surface area contributed by atoms with Crippen LogP contribution in [0, 0.1) is 13.8 Å². The van der Waals surface area contributed by atoms with Gasteiger partial charge in [-0.05, 0) is 38.0 Å². The summed E-state index contributed by atoms with van der Waals surface area (Å²) < 4.78 is 16.0. The van der Waals surface area contributed by atoms with Crippen molar-refractivity contribution >= 4 is 29.9 Å². The minimum absolute atomic E-state index is 0. The zero-order chi connectivity index (χ0) is 17.5. The molecule has 1 aromatic heterocycles. The first-order valence-electron chi connectivity index (χ1n) is 7.71. The number of nitrogens with two attached hydrogens (primary N) is 1. The lowest BCUT2D eigenvalue weighted by molar-refractivity contribution is 0.354. The quantitative estimate of drug-likeness (QED) is 0.375. The predicted molar refractivity (Wildman–Crippen MR) is 108 cm³/mol. The molecule has 0 aliphatic rings. The molecule has 0 saturated carbocycles. The monoisotopic (exact) mass is 460 g/mol. The maximum atomic E-state index is 5.86. The molecule has 0 fully saturated rings. The lowest BCUT2D eigenvalue weighted by Gasteiger charge is -2.10. The maximum absolute atomic E-state index is 5.86. The van der Waals surface area contributed by atoms with E-state index in [1.807, 2.05) is 32.0 Å². The van der Waals surface area contributed by atoms with Crippen molar-refractivity contribution in [3.8, 4) is 11.5 Å². The number of oxazole rings is 1. The van der Waals surface area contributed by atoms with Crippen LogP contribution in [0.2, 0.25) is 0 Å². The molecule has 0 unspecified atom stereocenters. The highest BCUT2D eigenvalue weighted by molar-refractivity contribution is 14.0. The average molecular weight is 460 g/mol. The normalized spacial score (nSPS) is 11.0. The standard InChI is InChI=1S/C17H24N4O3.HI/c1-11-12(2)24-16(21-11)10-20-17(18)19-8-7-13-5-6-14(22-3)15(9-13)23-4;/h5-6,9H,7-8,10H2,1-4H3,(H3,18,19,20);1H. The van der Waals surface area contributed by atoms with Gasteiger partial charge in [-0.1, -0.05) is 6.07 Å². The first-order chi connectivity index (χ1) is 11.5. The van der Waals surface area contributed by atoms with Crippen LogP contribution in [-0.2, 0) is 13.0 Å².